The van der Waals surface area contributed by atoms with Gasteiger partial charge in [-0.2, -0.15) is 0 Å². The van der Waals surface area contributed by atoms with E-state index in [4.69, 9.17) is 15.1 Å². The molecule has 1 aliphatic rings. The molecule has 2 aromatic heterocycles. The Hall–Kier alpha value is -6.45. The molecule has 2 N–H and O–H groups in total. The third kappa shape index (κ3) is 5.75. The number of anilines is 1. The van der Waals surface area contributed by atoms with E-state index in [-0.39, 0.29) is 5.41 Å². The lowest BCUT2D eigenvalue weighted by Crippen LogP contribution is -2.13. The number of rotatable bonds is 5. The molecule has 3 nitrogen and oxygen atoms in total. The fraction of sp³-hybridized carbons (Fsp3) is 0.100. The molecule has 0 fully saturated rings. The van der Waals surface area contributed by atoms with Crippen LogP contribution in [0.4, 0.5) is 5.88 Å². The molecule has 0 unspecified atom stereocenters. The Balaban J connectivity index is 1.16. The lowest BCUT2D eigenvalue weighted by Gasteiger charge is -2.23. The van der Waals surface area contributed by atoms with Crippen molar-refractivity contribution in [3.63, 3.8) is 0 Å². The van der Waals surface area contributed by atoms with Crippen LogP contribution in [0.3, 0.4) is 0 Å². The minimum atomic E-state index is -0.223. The highest BCUT2D eigenvalue weighted by molar-refractivity contribution is 6.21. The Bertz CT molecular complexity index is 2700. The number of hydrogen-bond donors (Lipinski definition) is 1. The van der Waals surface area contributed by atoms with Crippen molar-refractivity contribution in [1.82, 2.24) is 4.98 Å². The van der Waals surface area contributed by atoms with Crippen LogP contribution in [0.2, 0.25) is 0 Å². The first-order valence-corrected chi connectivity index (χ1v) is 18.3. The minimum Gasteiger partial charge on any atom is -0.438 e. The summed E-state index contributed by atoms with van der Waals surface area (Å²) in [6, 6.07) is 46.1. The molecule has 0 bridgehead atoms. The van der Waals surface area contributed by atoms with E-state index in [0.29, 0.717) is 5.88 Å². The van der Waals surface area contributed by atoms with E-state index in [1.165, 1.54) is 60.5 Å². The van der Waals surface area contributed by atoms with Crippen LogP contribution in [0, 0.1) is 0 Å². The fourth-order valence-corrected chi connectivity index (χ4v) is 8.02. The maximum absolute atomic E-state index is 6.53. The standard InChI is InChI=1S/C50H40N2O/c1-50(2,3)46-43(31-52-47-42(49(51)53-48(46)47)30-32-14-6-4-7-15-32)35-24-28-37(29-25-35)45-40-20-12-10-18-38(40)44(39-19-11-13-21-41(39)45)36-26-22-34(23-27-36)33-16-8-5-9-17-33/h4-14,16-31H,15,51H2,1-3H3/b32-30-. The highest BCUT2D eigenvalue weighted by Gasteiger charge is 2.27. The van der Waals surface area contributed by atoms with Crippen molar-refractivity contribution in [3.05, 3.63) is 175 Å². The van der Waals surface area contributed by atoms with E-state index in [1.807, 2.05) is 12.3 Å². The number of aromatic nitrogens is 1. The molecular formula is C50H40N2O. The van der Waals surface area contributed by atoms with Gasteiger partial charge in [-0.15, -0.1) is 0 Å². The van der Waals surface area contributed by atoms with Crippen molar-refractivity contribution in [2.24, 2.45) is 0 Å². The Morgan fingerprint density at radius 1 is 0.604 bits per heavy atom. The Labute approximate surface area is 310 Å². The van der Waals surface area contributed by atoms with Gasteiger partial charge < -0.3 is 10.2 Å². The average Bonchev–Trinajstić information content (AvgIpc) is 3.50. The molecule has 8 aromatic rings. The monoisotopic (exact) mass is 684 g/mol. The first-order chi connectivity index (χ1) is 25.8. The predicted octanol–water partition coefficient (Wildman–Crippen LogP) is 13.6. The Morgan fingerprint density at radius 3 is 1.64 bits per heavy atom. The van der Waals surface area contributed by atoms with Crippen LogP contribution in [0.1, 0.15) is 38.3 Å². The third-order valence-corrected chi connectivity index (χ3v) is 10.5. The summed E-state index contributed by atoms with van der Waals surface area (Å²) in [5.41, 5.74) is 20.4. The van der Waals surface area contributed by atoms with Gasteiger partial charge in [0.1, 0.15) is 5.52 Å². The number of pyridine rings is 1. The first kappa shape index (κ1) is 32.5. The molecule has 0 saturated heterocycles. The quantitative estimate of drug-likeness (QED) is 0.184. The zero-order valence-electron chi connectivity index (χ0n) is 30.2. The van der Waals surface area contributed by atoms with Gasteiger partial charge in [-0.1, -0.05) is 172 Å². The van der Waals surface area contributed by atoms with E-state index < -0.39 is 0 Å². The van der Waals surface area contributed by atoms with E-state index in [9.17, 15) is 0 Å². The normalized spacial score (nSPS) is 13.8. The first-order valence-electron chi connectivity index (χ1n) is 18.3. The van der Waals surface area contributed by atoms with Gasteiger partial charge in [0.25, 0.3) is 0 Å². The topological polar surface area (TPSA) is 52.0 Å². The molecule has 0 saturated carbocycles. The maximum atomic E-state index is 6.53. The second-order valence-corrected chi connectivity index (χ2v) is 14.9. The molecule has 0 spiro atoms. The summed E-state index contributed by atoms with van der Waals surface area (Å²) in [7, 11) is 0. The van der Waals surface area contributed by atoms with Gasteiger partial charge in [0.05, 0.1) is 5.56 Å². The summed E-state index contributed by atoms with van der Waals surface area (Å²) in [6.45, 7) is 6.67. The summed E-state index contributed by atoms with van der Waals surface area (Å²) in [5, 5.41) is 4.94. The highest BCUT2D eigenvalue weighted by atomic mass is 16.3. The molecule has 3 heteroatoms. The summed E-state index contributed by atoms with van der Waals surface area (Å²) < 4.78 is 6.36. The number of furan rings is 1. The third-order valence-electron chi connectivity index (χ3n) is 10.5. The number of fused-ring (bicyclic) bond motifs is 3. The molecule has 6 aromatic carbocycles. The Kier molecular flexibility index (Phi) is 7.93. The van der Waals surface area contributed by atoms with Gasteiger partial charge in [0.2, 0.25) is 5.88 Å². The van der Waals surface area contributed by atoms with Crippen LogP contribution in [0.5, 0.6) is 0 Å². The van der Waals surface area contributed by atoms with Gasteiger partial charge in [0.15, 0.2) is 5.58 Å². The van der Waals surface area contributed by atoms with Crippen LogP contribution in [-0.2, 0) is 5.41 Å². The zero-order valence-corrected chi connectivity index (χ0v) is 30.2. The summed E-state index contributed by atoms with van der Waals surface area (Å²) >= 11 is 0. The number of hydrogen-bond acceptors (Lipinski definition) is 3. The van der Waals surface area contributed by atoms with Crippen molar-refractivity contribution >= 4 is 44.6 Å². The van der Waals surface area contributed by atoms with Gasteiger partial charge >= 0.3 is 0 Å². The van der Waals surface area contributed by atoms with Crippen LogP contribution in [-0.4, -0.2) is 4.98 Å². The van der Waals surface area contributed by atoms with Crippen molar-refractivity contribution < 1.29 is 4.42 Å². The second kappa shape index (κ2) is 13.0. The number of nitrogen functional groups attached to an aromatic ring is 1. The second-order valence-electron chi connectivity index (χ2n) is 14.9. The van der Waals surface area contributed by atoms with Crippen LogP contribution >= 0.6 is 0 Å². The number of nitrogens with two attached hydrogens (primary N) is 1. The summed E-state index contributed by atoms with van der Waals surface area (Å²) in [6.07, 6.45) is 13.3. The lowest BCUT2D eigenvalue weighted by atomic mass is 9.81. The average molecular weight is 685 g/mol. The van der Waals surface area contributed by atoms with E-state index in [1.54, 1.807) is 0 Å². The van der Waals surface area contributed by atoms with E-state index in [2.05, 4.69) is 172 Å². The molecule has 0 amide bonds. The van der Waals surface area contributed by atoms with Gasteiger partial charge in [0, 0.05) is 17.3 Å². The molecule has 1 aliphatic carbocycles. The number of nitrogens with zero attached hydrogens (tertiary/aromatic N) is 1. The van der Waals surface area contributed by atoms with Crippen LogP contribution in [0.15, 0.2) is 168 Å². The molecule has 2 heterocycles. The number of benzene rings is 6. The van der Waals surface area contributed by atoms with Crippen LogP contribution in [0.25, 0.3) is 83.2 Å². The van der Waals surface area contributed by atoms with Crippen molar-refractivity contribution in [2.45, 2.75) is 32.6 Å². The molecule has 9 rings (SSSR count). The SMILES string of the molecule is CC(C)(C)c1c(-c2ccc(-c3c4ccccc4c(-c4ccc(-c5ccccc5)cc4)c4ccccc34)cc2)cnc2c(/C=C3/C=CC=CC3)c(N)oc12. The van der Waals surface area contributed by atoms with Crippen molar-refractivity contribution in [3.8, 4) is 44.5 Å². The molecule has 256 valence electrons. The molecular weight excluding hydrogens is 645 g/mol. The van der Waals surface area contributed by atoms with Crippen LogP contribution < -0.4 is 5.73 Å². The van der Waals surface area contributed by atoms with Crippen molar-refractivity contribution in [2.75, 3.05) is 5.73 Å². The lowest BCUT2D eigenvalue weighted by molar-refractivity contribution is 0.566. The largest absolute Gasteiger partial charge is 0.438 e. The Morgan fingerprint density at radius 2 is 1.11 bits per heavy atom. The number of allylic oxidation sites excluding steroid dienone is 5. The van der Waals surface area contributed by atoms with Gasteiger partial charge in [-0.05, 0) is 84.0 Å². The van der Waals surface area contributed by atoms with Gasteiger partial charge in [-0.3, -0.25) is 4.98 Å². The van der Waals surface area contributed by atoms with Gasteiger partial charge in [-0.25, -0.2) is 0 Å². The predicted molar refractivity (Wildman–Crippen MR) is 225 cm³/mol. The minimum absolute atomic E-state index is 0.223. The van der Waals surface area contributed by atoms with E-state index in [0.717, 1.165) is 39.8 Å². The fourth-order valence-electron chi connectivity index (χ4n) is 8.02. The molecule has 0 atom stereocenters. The smallest absolute Gasteiger partial charge is 0.200 e. The van der Waals surface area contributed by atoms with Crippen molar-refractivity contribution in [1.29, 1.82) is 0 Å². The maximum Gasteiger partial charge on any atom is 0.200 e. The zero-order chi connectivity index (χ0) is 36.1. The highest BCUT2D eigenvalue weighted by Crippen LogP contribution is 2.46. The molecule has 0 radical (unpaired) electrons. The summed E-state index contributed by atoms with van der Waals surface area (Å²) in [4.78, 5) is 4.98. The molecule has 53 heavy (non-hydrogen) atoms. The molecule has 0 aliphatic heterocycles. The summed E-state index contributed by atoms with van der Waals surface area (Å²) in [5.74, 6) is 0.398. The van der Waals surface area contributed by atoms with E-state index >= 15 is 0 Å².